The molecule has 1 fully saturated rings. The maximum Gasteiger partial charge on any atom is 0.270 e. The van der Waals surface area contributed by atoms with Crippen LogP contribution in [-0.2, 0) is 23.0 Å². The van der Waals surface area contributed by atoms with Crippen LogP contribution in [0.2, 0.25) is 0 Å². The van der Waals surface area contributed by atoms with E-state index in [2.05, 4.69) is 9.97 Å². The second-order valence-electron chi connectivity index (χ2n) is 6.01. The molecule has 142 valence electrons. The van der Waals surface area contributed by atoms with Gasteiger partial charge in [-0.05, 0) is 12.5 Å². The molecular formula is C16H22N4O3S3. The van der Waals surface area contributed by atoms with Crippen LogP contribution in [0.3, 0.4) is 0 Å². The van der Waals surface area contributed by atoms with Crippen LogP contribution in [0.15, 0.2) is 22.5 Å². The number of carbonyl (C=O) groups excluding carboxylic acids is 1. The molecule has 10 heteroatoms. The number of sulfonamides is 1. The number of hydrogen-bond donors (Lipinski definition) is 1. The number of H-pyrrole nitrogens is 1. The van der Waals surface area contributed by atoms with Crippen molar-refractivity contribution in [1.82, 2.24) is 19.2 Å². The van der Waals surface area contributed by atoms with Gasteiger partial charge in [-0.25, -0.2) is 13.4 Å². The number of nitrogens with one attached hydrogen (secondary N) is 1. The molecule has 3 rings (SSSR count). The van der Waals surface area contributed by atoms with Gasteiger partial charge in [-0.1, -0.05) is 6.92 Å². The molecule has 26 heavy (non-hydrogen) atoms. The molecule has 1 saturated heterocycles. The highest BCUT2D eigenvalue weighted by Crippen LogP contribution is 2.21. The van der Waals surface area contributed by atoms with Gasteiger partial charge in [0.05, 0.1) is 17.2 Å². The fraction of sp³-hybridized carbons (Fsp3) is 0.500. The molecule has 0 bridgehead atoms. The van der Waals surface area contributed by atoms with Crippen LogP contribution in [0.5, 0.6) is 0 Å². The van der Waals surface area contributed by atoms with Crippen molar-refractivity contribution >= 4 is 39.0 Å². The molecule has 7 nitrogen and oxygen atoms in total. The molecule has 2 aromatic heterocycles. The van der Waals surface area contributed by atoms with Gasteiger partial charge >= 0.3 is 0 Å². The molecule has 0 saturated carbocycles. The van der Waals surface area contributed by atoms with E-state index in [-0.39, 0.29) is 16.5 Å². The number of thiazole rings is 1. The Morgan fingerprint density at radius 1 is 1.38 bits per heavy atom. The number of aryl methyl sites for hydroxylation is 1. The Bertz CT molecular complexity index is 869. The molecule has 1 N–H and O–H groups in total. The fourth-order valence-corrected chi connectivity index (χ4v) is 5.99. The van der Waals surface area contributed by atoms with E-state index in [1.165, 1.54) is 21.5 Å². The quantitative estimate of drug-likeness (QED) is 0.782. The number of carbonyl (C=O) groups is 1. The molecule has 1 aliphatic rings. The number of amides is 1. The second-order valence-corrected chi connectivity index (χ2v) is 10.1. The molecule has 0 unspecified atom stereocenters. The normalized spacial score (nSPS) is 15.9. The summed E-state index contributed by atoms with van der Waals surface area (Å²) in [5.74, 6) is 1.34. The van der Waals surface area contributed by atoms with Gasteiger partial charge in [0.15, 0.2) is 0 Å². The number of aromatic nitrogens is 2. The summed E-state index contributed by atoms with van der Waals surface area (Å²) in [6, 6.07) is 1.43. The first kappa shape index (κ1) is 19.4. The zero-order valence-corrected chi connectivity index (χ0v) is 17.2. The standard InChI is InChI=1S/C16H22N4O3S3/c1-3-15-18-12(11-25-15)10-19(2)16(21)14-8-13(9-17-14)26(22,23)20-4-6-24-7-5-20/h8-9,11,17H,3-7,10H2,1-2H3. The Balaban J connectivity index is 1.70. The predicted octanol–water partition coefficient (Wildman–Crippen LogP) is 2.04. The third kappa shape index (κ3) is 4.13. The zero-order valence-electron chi connectivity index (χ0n) is 14.8. The van der Waals surface area contributed by atoms with E-state index < -0.39 is 10.0 Å². The fourth-order valence-electron chi connectivity index (χ4n) is 2.69. The van der Waals surface area contributed by atoms with Gasteiger partial charge in [0.1, 0.15) is 10.6 Å². The molecule has 0 radical (unpaired) electrons. The first-order valence-electron chi connectivity index (χ1n) is 8.37. The summed E-state index contributed by atoms with van der Waals surface area (Å²) in [5, 5.41) is 2.98. The Kier molecular flexibility index (Phi) is 6.06. The van der Waals surface area contributed by atoms with Crippen LogP contribution in [0, 0.1) is 0 Å². The molecule has 0 atom stereocenters. The minimum absolute atomic E-state index is 0.142. The minimum Gasteiger partial charge on any atom is -0.356 e. The topological polar surface area (TPSA) is 86.4 Å². The summed E-state index contributed by atoms with van der Waals surface area (Å²) in [5.41, 5.74) is 1.11. The van der Waals surface area contributed by atoms with Crippen molar-refractivity contribution in [3.05, 3.63) is 34.0 Å². The van der Waals surface area contributed by atoms with E-state index in [0.29, 0.717) is 19.6 Å². The Morgan fingerprint density at radius 2 is 2.12 bits per heavy atom. The lowest BCUT2D eigenvalue weighted by Gasteiger charge is -2.24. The van der Waals surface area contributed by atoms with Crippen molar-refractivity contribution < 1.29 is 13.2 Å². The molecule has 0 aromatic carbocycles. The van der Waals surface area contributed by atoms with Gasteiger partial charge < -0.3 is 9.88 Å². The van der Waals surface area contributed by atoms with Crippen molar-refractivity contribution in [1.29, 1.82) is 0 Å². The average Bonchev–Trinajstić information content (AvgIpc) is 3.31. The van der Waals surface area contributed by atoms with Crippen LogP contribution in [0.1, 0.15) is 28.1 Å². The van der Waals surface area contributed by atoms with Gasteiger partial charge in [-0.2, -0.15) is 16.1 Å². The van der Waals surface area contributed by atoms with Gasteiger partial charge in [0.2, 0.25) is 10.0 Å². The number of hydrogen-bond acceptors (Lipinski definition) is 6. The maximum absolute atomic E-state index is 12.7. The Hall–Kier alpha value is -1.36. The summed E-state index contributed by atoms with van der Waals surface area (Å²) >= 11 is 3.33. The van der Waals surface area contributed by atoms with E-state index in [9.17, 15) is 13.2 Å². The predicted molar refractivity (Wildman–Crippen MR) is 104 cm³/mol. The lowest BCUT2D eigenvalue weighted by molar-refractivity contribution is 0.0778. The van der Waals surface area contributed by atoms with E-state index in [0.717, 1.165) is 28.6 Å². The largest absolute Gasteiger partial charge is 0.356 e. The van der Waals surface area contributed by atoms with Crippen LogP contribution in [0.4, 0.5) is 0 Å². The molecule has 0 spiro atoms. The summed E-state index contributed by atoms with van der Waals surface area (Å²) in [6.07, 6.45) is 2.27. The second kappa shape index (κ2) is 8.12. The van der Waals surface area contributed by atoms with Crippen molar-refractivity contribution in [2.75, 3.05) is 31.6 Å². The van der Waals surface area contributed by atoms with Crippen molar-refractivity contribution in [2.45, 2.75) is 24.8 Å². The highest BCUT2D eigenvalue weighted by Gasteiger charge is 2.28. The van der Waals surface area contributed by atoms with E-state index >= 15 is 0 Å². The third-order valence-electron chi connectivity index (χ3n) is 4.14. The molecule has 3 heterocycles. The monoisotopic (exact) mass is 414 g/mol. The van der Waals surface area contributed by atoms with Gasteiger partial charge in [0, 0.05) is 43.2 Å². The van der Waals surface area contributed by atoms with Gasteiger partial charge in [-0.3, -0.25) is 4.79 Å². The smallest absolute Gasteiger partial charge is 0.270 e. The van der Waals surface area contributed by atoms with Crippen LogP contribution < -0.4 is 0 Å². The van der Waals surface area contributed by atoms with Crippen molar-refractivity contribution in [3.63, 3.8) is 0 Å². The first-order valence-corrected chi connectivity index (χ1v) is 11.8. The van der Waals surface area contributed by atoms with Crippen molar-refractivity contribution in [3.8, 4) is 0 Å². The Morgan fingerprint density at radius 3 is 2.77 bits per heavy atom. The highest BCUT2D eigenvalue weighted by molar-refractivity contribution is 7.99. The third-order valence-corrected chi connectivity index (χ3v) is 8.00. The summed E-state index contributed by atoms with van der Waals surface area (Å²) < 4.78 is 26.8. The van der Waals surface area contributed by atoms with Crippen LogP contribution >= 0.6 is 23.1 Å². The summed E-state index contributed by atoms with van der Waals surface area (Å²) in [6.45, 7) is 3.44. The summed E-state index contributed by atoms with van der Waals surface area (Å²) in [7, 11) is -1.87. The Labute approximate surface area is 161 Å². The number of nitrogens with zero attached hydrogens (tertiary/aromatic N) is 3. The van der Waals surface area contributed by atoms with Gasteiger partial charge in [0.25, 0.3) is 5.91 Å². The molecular weight excluding hydrogens is 392 g/mol. The minimum atomic E-state index is -3.55. The van der Waals surface area contributed by atoms with E-state index in [1.54, 1.807) is 30.1 Å². The van der Waals surface area contributed by atoms with Gasteiger partial charge in [-0.15, -0.1) is 11.3 Å². The lowest BCUT2D eigenvalue weighted by Crippen LogP contribution is -2.37. The molecule has 0 aliphatic carbocycles. The first-order chi connectivity index (χ1) is 12.4. The molecule has 2 aromatic rings. The van der Waals surface area contributed by atoms with Crippen LogP contribution in [0.25, 0.3) is 0 Å². The summed E-state index contributed by atoms with van der Waals surface area (Å²) in [4.78, 5) is 21.6. The maximum atomic E-state index is 12.7. The number of rotatable bonds is 6. The van der Waals surface area contributed by atoms with E-state index in [4.69, 9.17) is 0 Å². The van der Waals surface area contributed by atoms with E-state index in [1.807, 2.05) is 12.3 Å². The zero-order chi connectivity index (χ0) is 18.7. The SMILES string of the molecule is CCc1nc(CN(C)C(=O)c2cc(S(=O)(=O)N3CCSCC3)c[nH]2)cs1. The van der Waals surface area contributed by atoms with Crippen molar-refractivity contribution in [2.24, 2.45) is 0 Å². The lowest BCUT2D eigenvalue weighted by atomic mass is 10.3. The number of aromatic amines is 1. The van der Waals surface area contributed by atoms with Crippen LogP contribution in [-0.4, -0.2) is 65.1 Å². The molecule has 1 amide bonds. The molecule has 1 aliphatic heterocycles. The number of thioether (sulfide) groups is 1. The average molecular weight is 415 g/mol. The highest BCUT2D eigenvalue weighted by atomic mass is 32.2.